The van der Waals surface area contributed by atoms with Gasteiger partial charge in [0.15, 0.2) is 0 Å². The van der Waals surface area contributed by atoms with E-state index >= 15 is 0 Å². The molecule has 0 aliphatic carbocycles. The Morgan fingerprint density at radius 2 is 1.54 bits per heavy atom. The van der Waals surface area contributed by atoms with Crippen molar-refractivity contribution < 1.29 is 9.90 Å². The van der Waals surface area contributed by atoms with Gasteiger partial charge in [0.2, 0.25) is 0 Å². The monoisotopic (exact) mass is 460 g/mol. The molecule has 5 rings (SSSR count). The van der Waals surface area contributed by atoms with Crippen LogP contribution in [-0.4, -0.2) is 22.9 Å². The molecule has 1 aliphatic heterocycles. The van der Waals surface area contributed by atoms with Crippen LogP contribution in [0.5, 0.6) is 5.75 Å². The molecule has 0 saturated heterocycles. The van der Waals surface area contributed by atoms with Gasteiger partial charge in [0.1, 0.15) is 5.75 Å². The van der Waals surface area contributed by atoms with E-state index in [0.29, 0.717) is 0 Å². The number of carbonyl (C=O) groups excluding carboxylic acids is 1. The highest BCUT2D eigenvalue weighted by Gasteiger charge is 2.29. The molecular formula is C29H24N4O2. The molecule has 0 fully saturated rings. The second kappa shape index (κ2) is 10.1. The van der Waals surface area contributed by atoms with E-state index in [-0.39, 0.29) is 17.4 Å². The van der Waals surface area contributed by atoms with Crippen LogP contribution in [0.2, 0.25) is 0 Å². The number of anilines is 1. The van der Waals surface area contributed by atoms with Gasteiger partial charge in [0.25, 0.3) is 5.91 Å². The molecule has 172 valence electrons. The molecule has 1 atom stereocenters. The number of hydrazone groups is 2. The van der Waals surface area contributed by atoms with Gasteiger partial charge in [-0.3, -0.25) is 9.80 Å². The van der Waals surface area contributed by atoms with Gasteiger partial charge in [0.05, 0.1) is 29.2 Å². The summed E-state index contributed by atoms with van der Waals surface area (Å²) in [6.07, 6.45) is 2.38. The number of rotatable bonds is 6. The molecule has 1 amide bonds. The Morgan fingerprint density at radius 1 is 0.886 bits per heavy atom. The van der Waals surface area contributed by atoms with Crippen LogP contribution in [-0.2, 0) is 0 Å². The third-order valence-corrected chi connectivity index (χ3v) is 5.89. The first-order valence-electron chi connectivity index (χ1n) is 11.4. The molecule has 35 heavy (non-hydrogen) atoms. The van der Waals surface area contributed by atoms with Gasteiger partial charge in [-0.1, -0.05) is 84.9 Å². The van der Waals surface area contributed by atoms with Crippen LogP contribution in [0.15, 0.2) is 119 Å². The number of phenolic OH excluding ortho intramolecular Hbond substituents is 1. The molecule has 1 aliphatic rings. The minimum Gasteiger partial charge on any atom is -0.507 e. The summed E-state index contributed by atoms with van der Waals surface area (Å²) >= 11 is 0. The molecule has 1 unspecified atom stereocenters. The highest BCUT2D eigenvalue weighted by Crippen LogP contribution is 2.36. The van der Waals surface area contributed by atoms with Gasteiger partial charge in [-0.2, -0.15) is 10.2 Å². The van der Waals surface area contributed by atoms with E-state index in [2.05, 4.69) is 51.9 Å². The molecule has 0 spiro atoms. The van der Waals surface area contributed by atoms with Crippen molar-refractivity contribution in [2.24, 2.45) is 10.2 Å². The maximum absolute atomic E-state index is 12.2. The van der Waals surface area contributed by atoms with Crippen LogP contribution in [0.25, 0.3) is 0 Å². The molecule has 0 radical (unpaired) electrons. The molecule has 4 aromatic carbocycles. The summed E-state index contributed by atoms with van der Waals surface area (Å²) in [5.74, 6) is -0.555. The van der Waals surface area contributed by atoms with Gasteiger partial charge in [0, 0.05) is 6.42 Å². The van der Waals surface area contributed by atoms with Crippen molar-refractivity contribution in [3.63, 3.8) is 0 Å². The molecule has 6 nitrogen and oxygen atoms in total. The lowest BCUT2D eigenvalue weighted by molar-refractivity contribution is 0.0952. The molecule has 0 saturated carbocycles. The van der Waals surface area contributed by atoms with Crippen LogP contribution in [0.1, 0.15) is 39.5 Å². The SMILES string of the molecule is O=C(N/N=C/c1ccc(N2N=C(c3ccccc3)CC2c2ccccc2)cc1)c1ccccc1O. The zero-order valence-corrected chi connectivity index (χ0v) is 19.0. The second-order valence-corrected chi connectivity index (χ2v) is 8.20. The van der Waals surface area contributed by atoms with Crippen molar-refractivity contribution in [2.75, 3.05) is 5.01 Å². The van der Waals surface area contributed by atoms with Gasteiger partial charge in [-0.25, -0.2) is 5.43 Å². The van der Waals surface area contributed by atoms with Gasteiger partial charge >= 0.3 is 0 Å². The molecule has 2 N–H and O–H groups in total. The van der Waals surface area contributed by atoms with Crippen molar-refractivity contribution in [3.05, 3.63) is 131 Å². The number of aromatic hydroxyl groups is 1. The quantitative estimate of drug-likeness (QED) is 0.294. The summed E-state index contributed by atoms with van der Waals surface area (Å²) in [5.41, 5.74) is 7.81. The minimum absolute atomic E-state index is 0.0847. The summed E-state index contributed by atoms with van der Waals surface area (Å²) in [7, 11) is 0. The first-order valence-corrected chi connectivity index (χ1v) is 11.4. The highest BCUT2D eigenvalue weighted by atomic mass is 16.3. The van der Waals surface area contributed by atoms with E-state index < -0.39 is 5.91 Å². The number of phenols is 1. The number of hydrogen-bond donors (Lipinski definition) is 2. The van der Waals surface area contributed by atoms with E-state index in [0.717, 1.165) is 28.9 Å². The lowest BCUT2D eigenvalue weighted by atomic mass is 9.98. The maximum Gasteiger partial charge on any atom is 0.275 e. The van der Waals surface area contributed by atoms with E-state index in [9.17, 15) is 9.90 Å². The molecule has 0 aromatic heterocycles. The summed E-state index contributed by atoms with van der Waals surface area (Å²) in [6, 6.07) is 35.0. The van der Waals surface area contributed by atoms with E-state index in [4.69, 9.17) is 5.10 Å². The predicted octanol–water partition coefficient (Wildman–Crippen LogP) is 5.51. The lowest BCUT2D eigenvalue weighted by Crippen LogP contribution is -2.18. The second-order valence-electron chi connectivity index (χ2n) is 8.20. The minimum atomic E-state index is -0.471. The number of hydrogen-bond acceptors (Lipinski definition) is 5. The third kappa shape index (κ3) is 4.96. The van der Waals surface area contributed by atoms with Gasteiger partial charge in [-0.05, 0) is 41.0 Å². The summed E-state index contributed by atoms with van der Waals surface area (Å²) in [5, 5.41) is 20.9. The van der Waals surface area contributed by atoms with E-state index in [1.807, 2.05) is 48.5 Å². The summed E-state index contributed by atoms with van der Waals surface area (Å²) in [6.45, 7) is 0. The first kappa shape index (κ1) is 22.1. The Hall–Kier alpha value is -4.71. The Kier molecular flexibility index (Phi) is 6.35. The van der Waals surface area contributed by atoms with Crippen LogP contribution in [0.3, 0.4) is 0 Å². The number of amides is 1. The van der Waals surface area contributed by atoms with Gasteiger partial charge < -0.3 is 5.11 Å². The number of carbonyl (C=O) groups is 1. The van der Waals surface area contributed by atoms with Crippen molar-refractivity contribution in [3.8, 4) is 5.75 Å². The van der Waals surface area contributed by atoms with Crippen molar-refractivity contribution in [1.29, 1.82) is 0 Å². The van der Waals surface area contributed by atoms with E-state index in [1.54, 1.807) is 24.4 Å². The fraction of sp³-hybridized carbons (Fsp3) is 0.0690. The Bertz CT molecular complexity index is 1370. The zero-order chi connectivity index (χ0) is 24.0. The fourth-order valence-corrected chi connectivity index (χ4v) is 4.09. The topological polar surface area (TPSA) is 77.3 Å². The normalized spacial score (nSPS) is 15.3. The largest absolute Gasteiger partial charge is 0.507 e. The molecular weight excluding hydrogens is 436 g/mol. The highest BCUT2D eigenvalue weighted by molar-refractivity contribution is 6.03. The standard InChI is InChI=1S/C29H24N4O2/c34-28-14-8-7-13-25(28)29(35)31-30-20-21-15-17-24(18-16-21)33-27(23-11-5-2-6-12-23)19-26(32-33)22-9-3-1-4-10-22/h1-18,20,27,34H,19H2,(H,31,35)/b30-20+. The maximum atomic E-state index is 12.2. The Labute approximate surface area is 203 Å². The Morgan fingerprint density at radius 3 is 2.26 bits per heavy atom. The average molecular weight is 461 g/mol. The van der Waals surface area contributed by atoms with Crippen LogP contribution in [0, 0.1) is 0 Å². The van der Waals surface area contributed by atoms with Gasteiger partial charge in [-0.15, -0.1) is 0 Å². The van der Waals surface area contributed by atoms with Crippen molar-refractivity contribution in [1.82, 2.24) is 5.43 Å². The third-order valence-electron chi connectivity index (χ3n) is 5.89. The smallest absolute Gasteiger partial charge is 0.275 e. The van der Waals surface area contributed by atoms with Crippen LogP contribution < -0.4 is 10.4 Å². The fourth-order valence-electron chi connectivity index (χ4n) is 4.09. The molecule has 6 heteroatoms. The summed E-state index contributed by atoms with van der Waals surface area (Å²) < 4.78 is 0. The van der Waals surface area contributed by atoms with E-state index in [1.165, 1.54) is 11.6 Å². The van der Waals surface area contributed by atoms with Crippen molar-refractivity contribution >= 4 is 23.5 Å². The molecule has 0 bridgehead atoms. The zero-order valence-electron chi connectivity index (χ0n) is 19.0. The molecule has 4 aromatic rings. The summed E-state index contributed by atoms with van der Waals surface area (Å²) in [4.78, 5) is 12.2. The van der Waals surface area contributed by atoms with Crippen LogP contribution in [0.4, 0.5) is 5.69 Å². The van der Waals surface area contributed by atoms with Crippen molar-refractivity contribution in [2.45, 2.75) is 12.5 Å². The number of nitrogens with zero attached hydrogens (tertiary/aromatic N) is 3. The average Bonchev–Trinajstić information content (AvgIpc) is 3.36. The Balaban J connectivity index is 1.34. The molecule has 1 heterocycles. The van der Waals surface area contributed by atoms with Crippen LogP contribution >= 0.6 is 0 Å². The first-order chi connectivity index (χ1) is 17.2. The predicted molar refractivity (Wildman–Crippen MR) is 139 cm³/mol. The lowest BCUT2D eigenvalue weighted by Gasteiger charge is -2.24. The number of nitrogens with one attached hydrogen (secondary N) is 1. The number of para-hydroxylation sites is 1. The number of benzene rings is 4.